The maximum Gasteiger partial charge on any atom is 0.126 e. The lowest BCUT2D eigenvalue weighted by Crippen LogP contribution is -2.32. The zero-order valence-corrected chi connectivity index (χ0v) is 13.1. The van der Waals surface area contributed by atoms with E-state index in [4.69, 9.17) is 16.0 Å². The second kappa shape index (κ2) is 6.79. The minimum absolute atomic E-state index is 0.130. The molecule has 1 fully saturated rings. The topological polar surface area (TPSA) is 25.2 Å². The molecule has 1 aliphatic carbocycles. The van der Waals surface area contributed by atoms with Crippen LogP contribution in [0.3, 0.4) is 0 Å². The van der Waals surface area contributed by atoms with Crippen molar-refractivity contribution < 1.29 is 4.42 Å². The molecule has 1 saturated carbocycles. The Morgan fingerprint density at radius 1 is 1.15 bits per heavy atom. The molecular weight excluding hydrogens is 290 g/mol. The largest absolute Gasteiger partial charge is 0.467 e. The molecule has 1 N–H and O–H groups in total. The van der Waals surface area contributed by atoms with Crippen molar-refractivity contribution in [2.24, 2.45) is 0 Å². The Bertz CT molecular complexity index is 514. The van der Waals surface area contributed by atoms with Crippen molar-refractivity contribution in [1.82, 2.24) is 5.32 Å². The van der Waals surface area contributed by atoms with Gasteiger partial charge < -0.3 is 9.73 Å². The summed E-state index contributed by atoms with van der Waals surface area (Å²) in [5, 5.41) is 3.79. The Morgan fingerprint density at radius 3 is 2.55 bits per heavy atom. The first-order valence-electron chi connectivity index (χ1n) is 7.37. The molecule has 2 aromatic rings. The van der Waals surface area contributed by atoms with Gasteiger partial charge in [-0.05, 0) is 37.1 Å². The van der Waals surface area contributed by atoms with Crippen LogP contribution >= 0.6 is 22.9 Å². The standard InChI is InChI=1S/C16H20ClNOS/c17-15-10-9-14(20-15)16(13-8-5-11-19-13)18-12-6-3-1-2-4-7-12/h5,8-12,16,18H,1-4,6-7H2. The molecule has 2 aromatic heterocycles. The smallest absolute Gasteiger partial charge is 0.126 e. The predicted molar refractivity (Wildman–Crippen MR) is 84.5 cm³/mol. The van der Waals surface area contributed by atoms with Gasteiger partial charge in [0, 0.05) is 10.9 Å². The molecule has 0 aromatic carbocycles. The number of hydrogen-bond donors (Lipinski definition) is 1. The van der Waals surface area contributed by atoms with Crippen LogP contribution in [0.1, 0.15) is 55.2 Å². The van der Waals surface area contributed by atoms with Gasteiger partial charge in [0.1, 0.15) is 11.8 Å². The monoisotopic (exact) mass is 309 g/mol. The van der Waals surface area contributed by atoms with Crippen LogP contribution < -0.4 is 5.32 Å². The first kappa shape index (κ1) is 14.2. The molecule has 0 bridgehead atoms. The van der Waals surface area contributed by atoms with Gasteiger partial charge in [0.2, 0.25) is 0 Å². The second-order valence-corrected chi connectivity index (χ2v) is 7.19. The maximum atomic E-state index is 6.09. The summed E-state index contributed by atoms with van der Waals surface area (Å²) in [5.41, 5.74) is 0. The molecule has 0 amide bonds. The summed E-state index contributed by atoms with van der Waals surface area (Å²) in [6.07, 6.45) is 9.66. The van der Waals surface area contributed by atoms with E-state index < -0.39 is 0 Å². The molecule has 0 radical (unpaired) electrons. The molecular formula is C16H20ClNOS. The number of hydrogen-bond acceptors (Lipinski definition) is 3. The quantitative estimate of drug-likeness (QED) is 0.765. The SMILES string of the molecule is Clc1ccc(C(NC2CCCCCC2)c2ccco2)s1. The normalized spacial score (nSPS) is 18.9. The highest BCUT2D eigenvalue weighted by atomic mass is 35.5. The molecule has 2 heterocycles. The fourth-order valence-corrected chi connectivity index (χ4v) is 4.05. The Hall–Kier alpha value is -0.770. The van der Waals surface area contributed by atoms with E-state index in [1.807, 2.05) is 18.2 Å². The molecule has 108 valence electrons. The zero-order chi connectivity index (χ0) is 13.8. The first-order chi connectivity index (χ1) is 9.83. The van der Waals surface area contributed by atoms with Gasteiger partial charge in [-0.1, -0.05) is 37.3 Å². The van der Waals surface area contributed by atoms with Crippen molar-refractivity contribution in [2.45, 2.75) is 50.6 Å². The average molecular weight is 310 g/mol. The molecule has 1 unspecified atom stereocenters. The minimum Gasteiger partial charge on any atom is -0.467 e. The molecule has 3 rings (SSSR count). The Morgan fingerprint density at radius 2 is 1.95 bits per heavy atom. The lowest BCUT2D eigenvalue weighted by Gasteiger charge is -2.23. The van der Waals surface area contributed by atoms with Crippen molar-refractivity contribution >= 4 is 22.9 Å². The van der Waals surface area contributed by atoms with Gasteiger partial charge in [-0.15, -0.1) is 11.3 Å². The van der Waals surface area contributed by atoms with E-state index in [0.29, 0.717) is 6.04 Å². The summed E-state index contributed by atoms with van der Waals surface area (Å²) in [7, 11) is 0. The summed E-state index contributed by atoms with van der Waals surface area (Å²) in [6, 6.07) is 8.77. The number of rotatable bonds is 4. The Kier molecular flexibility index (Phi) is 4.81. The van der Waals surface area contributed by atoms with Crippen LogP contribution in [-0.4, -0.2) is 6.04 Å². The van der Waals surface area contributed by atoms with Crippen LogP contribution in [0.2, 0.25) is 4.34 Å². The fourth-order valence-electron chi connectivity index (χ4n) is 2.93. The Balaban J connectivity index is 1.78. The van der Waals surface area contributed by atoms with E-state index in [2.05, 4.69) is 11.4 Å². The summed E-state index contributed by atoms with van der Waals surface area (Å²) in [4.78, 5) is 1.23. The average Bonchev–Trinajstić information content (AvgIpc) is 3.04. The van der Waals surface area contributed by atoms with Crippen molar-refractivity contribution in [3.8, 4) is 0 Å². The molecule has 20 heavy (non-hydrogen) atoms. The predicted octanol–water partition coefficient (Wildman–Crippen LogP) is 5.40. The summed E-state index contributed by atoms with van der Waals surface area (Å²) in [5.74, 6) is 0.979. The van der Waals surface area contributed by atoms with E-state index in [1.54, 1.807) is 17.6 Å². The fraction of sp³-hybridized carbons (Fsp3) is 0.500. The minimum atomic E-state index is 0.130. The van der Waals surface area contributed by atoms with Gasteiger partial charge >= 0.3 is 0 Å². The maximum absolute atomic E-state index is 6.09. The summed E-state index contributed by atoms with van der Waals surface area (Å²) >= 11 is 7.73. The van der Waals surface area contributed by atoms with Gasteiger partial charge in [0.25, 0.3) is 0 Å². The van der Waals surface area contributed by atoms with Gasteiger partial charge in [0.05, 0.1) is 10.6 Å². The van der Waals surface area contributed by atoms with Crippen LogP contribution in [0.25, 0.3) is 0 Å². The zero-order valence-electron chi connectivity index (χ0n) is 11.5. The second-order valence-electron chi connectivity index (χ2n) is 5.45. The highest BCUT2D eigenvalue weighted by molar-refractivity contribution is 7.16. The van der Waals surface area contributed by atoms with Gasteiger partial charge in [-0.25, -0.2) is 0 Å². The highest BCUT2D eigenvalue weighted by Crippen LogP contribution is 2.32. The number of furan rings is 1. The molecule has 0 spiro atoms. The van der Waals surface area contributed by atoms with E-state index >= 15 is 0 Å². The van der Waals surface area contributed by atoms with Crippen LogP contribution in [0.4, 0.5) is 0 Å². The molecule has 0 saturated heterocycles. The van der Waals surface area contributed by atoms with Gasteiger partial charge in [0.15, 0.2) is 0 Å². The molecule has 0 aliphatic heterocycles. The van der Waals surface area contributed by atoms with Crippen molar-refractivity contribution in [3.05, 3.63) is 45.5 Å². The van der Waals surface area contributed by atoms with E-state index in [9.17, 15) is 0 Å². The molecule has 1 aliphatic rings. The van der Waals surface area contributed by atoms with E-state index in [0.717, 1.165) is 10.1 Å². The number of halogens is 1. The van der Waals surface area contributed by atoms with Crippen LogP contribution in [0, 0.1) is 0 Å². The van der Waals surface area contributed by atoms with Crippen LogP contribution in [0.5, 0.6) is 0 Å². The third-order valence-electron chi connectivity index (χ3n) is 3.96. The van der Waals surface area contributed by atoms with Crippen LogP contribution in [0.15, 0.2) is 34.9 Å². The third-order valence-corrected chi connectivity index (χ3v) is 5.26. The molecule has 2 nitrogen and oxygen atoms in total. The van der Waals surface area contributed by atoms with E-state index in [-0.39, 0.29) is 6.04 Å². The van der Waals surface area contributed by atoms with Crippen molar-refractivity contribution in [3.63, 3.8) is 0 Å². The van der Waals surface area contributed by atoms with Crippen LogP contribution in [-0.2, 0) is 0 Å². The van der Waals surface area contributed by atoms with Gasteiger partial charge in [-0.2, -0.15) is 0 Å². The summed E-state index contributed by atoms with van der Waals surface area (Å²) in [6.45, 7) is 0. The number of nitrogens with one attached hydrogen (secondary N) is 1. The van der Waals surface area contributed by atoms with Crippen molar-refractivity contribution in [2.75, 3.05) is 0 Å². The van der Waals surface area contributed by atoms with Crippen molar-refractivity contribution in [1.29, 1.82) is 0 Å². The first-order valence-corrected chi connectivity index (χ1v) is 8.57. The molecule has 4 heteroatoms. The lowest BCUT2D eigenvalue weighted by molar-refractivity contribution is 0.383. The lowest BCUT2D eigenvalue weighted by atomic mass is 10.1. The van der Waals surface area contributed by atoms with Gasteiger partial charge in [-0.3, -0.25) is 0 Å². The highest BCUT2D eigenvalue weighted by Gasteiger charge is 2.23. The summed E-state index contributed by atoms with van der Waals surface area (Å²) < 4.78 is 6.47. The number of thiophene rings is 1. The van der Waals surface area contributed by atoms with E-state index in [1.165, 1.54) is 43.4 Å². The molecule has 1 atom stereocenters. The Labute approximate surface area is 129 Å². The third kappa shape index (κ3) is 3.46.